The fourth-order valence-corrected chi connectivity index (χ4v) is 2.43. The highest BCUT2D eigenvalue weighted by Crippen LogP contribution is 2.31. The molecule has 0 aliphatic carbocycles. The second-order valence-corrected chi connectivity index (χ2v) is 5.27. The maximum absolute atomic E-state index is 11.0. The van der Waals surface area contributed by atoms with Crippen LogP contribution in [0.3, 0.4) is 0 Å². The molecular weight excluding hydrogens is 228 g/mol. The maximum Gasteiger partial charge on any atom is 0.335 e. The third kappa shape index (κ3) is 2.42. The molecule has 2 unspecified atom stereocenters. The Hall–Kier alpha value is -1.71. The van der Waals surface area contributed by atoms with E-state index in [1.165, 1.54) is 0 Å². The summed E-state index contributed by atoms with van der Waals surface area (Å²) in [5, 5.41) is 9.03. The van der Waals surface area contributed by atoms with Crippen molar-refractivity contribution in [2.45, 2.75) is 20.3 Å². The highest BCUT2D eigenvalue weighted by molar-refractivity contribution is 5.90. The third-order valence-corrected chi connectivity index (χ3v) is 3.95. The number of anilines is 2. The van der Waals surface area contributed by atoms with E-state index in [-0.39, 0.29) is 0 Å². The lowest BCUT2D eigenvalue weighted by Crippen LogP contribution is -2.38. The van der Waals surface area contributed by atoms with Gasteiger partial charge in [-0.2, -0.15) is 0 Å². The molecule has 1 fully saturated rings. The summed E-state index contributed by atoms with van der Waals surface area (Å²) in [5.74, 6) is 0.409. The van der Waals surface area contributed by atoms with E-state index in [9.17, 15) is 4.79 Å². The number of hydrogen-bond donors (Lipinski definition) is 2. The van der Waals surface area contributed by atoms with E-state index in [1.807, 2.05) is 0 Å². The zero-order valence-electron chi connectivity index (χ0n) is 10.9. The van der Waals surface area contributed by atoms with Gasteiger partial charge in [-0.25, -0.2) is 4.79 Å². The summed E-state index contributed by atoms with van der Waals surface area (Å²) >= 11 is 0. The lowest BCUT2D eigenvalue weighted by Gasteiger charge is -2.37. The lowest BCUT2D eigenvalue weighted by molar-refractivity contribution is 0.0697. The van der Waals surface area contributed by atoms with E-state index in [2.05, 4.69) is 18.7 Å². The van der Waals surface area contributed by atoms with Gasteiger partial charge >= 0.3 is 5.97 Å². The number of carboxylic acid groups (broad SMARTS) is 1. The van der Waals surface area contributed by atoms with Gasteiger partial charge in [0.1, 0.15) is 0 Å². The smallest absolute Gasteiger partial charge is 0.335 e. The Morgan fingerprint density at radius 2 is 2.11 bits per heavy atom. The van der Waals surface area contributed by atoms with Gasteiger partial charge in [0.2, 0.25) is 0 Å². The summed E-state index contributed by atoms with van der Waals surface area (Å²) in [7, 11) is 0. The molecule has 18 heavy (non-hydrogen) atoms. The molecular formula is C14H20N2O2. The van der Waals surface area contributed by atoms with Crippen molar-refractivity contribution in [1.29, 1.82) is 0 Å². The number of aromatic carboxylic acids is 1. The zero-order chi connectivity index (χ0) is 13.3. The van der Waals surface area contributed by atoms with Crippen LogP contribution < -0.4 is 10.6 Å². The quantitative estimate of drug-likeness (QED) is 0.789. The highest BCUT2D eigenvalue weighted by Gasteiger charge is 2.24. The average molecular weight is 248 g/mol. The molecule has 4 nitrogen and oxygen atoms in total. The molecule has 0 radical (unpaired) electrons. The van der Waals surface area contributed by atoms with Crippen LogP contribution in [-0.2, 0) is 0 Å². The average Bonchev–Trinajstić information content (AvgIpc) is 2.33. The number of nitrogens with two attached hydrogens (primary N) is 1. The van der Waals surface area contributed by atoms with Crippen molar-refractivity contribution in [2.75, 3.05) is 23.7 Å². The molecule has 1 aromatic rings. The van der Waals surface area contributed by atoms with Crippen LogP contribution >= 0.6 is 0 Å². The first-order valence-electron chi connectivity index (χ1n) is 6.37. The summed E-state index contributed by atoms with van der Waals surface area (Å²) in [5.41, 5.74) is 7.77. The summed E-state index contributed by atoms with van der Waals surface area (Å²) in [6, 6.07) is 4.92. The minimum absolute atomic E-state index is 0.297. The van der Waals surface area contributed by atoms with Crippen LogP contribution in [0.4, 0.5) is 11.4 Å². The van der Waals surface area contributed by atoms with Gasteiger partial charge < -0.3 is 15.7 Å². The molecule has 1 heterocycles. The Bertz CT molecular complexity index is 459. The maximum atomic E-state index is 11.0. The number of carbonyl (C=O) groups is 1. The summed E-state index contributed by atoms with van der Waals surface area (Å²) in [4.78, 5) is 13.2. The van der Waals surface area contributed by atoms with E-state index in [1.54, 1.807) is 18.2 Å². The molecule has 2 atom stereocenters. The first-order valence-corrected chi connectivity index (χ1v) is 6.37. The second-order valence-electron chi connectivity index (χ2n) is 5.27. The van der Waals surface area contributed by atoms with Crippen LogP contribution in [0.5, 0.6) is 0 Å². The molecule has 0 amide bonds. The SMILES string of the molecule is CC1CCN(c2cc(C(=O)O)ccc2N)CC1C. The fraction of sp³-hybridized carbons (Fsp3) is 0.500. The topological polar surface area (TPSA) is 66.6 Å². The van der Waals surface area contributed by atoms with Crippen molar-refractivity contribution in [1.82, 2.24) is 0 Å². The molecule has 0 bridgehead atoms. The molecule has 1 aliphatic rings. The van der Waals surface area contributed by atoms with Crippen LogP contribution in [0.25, 0.3) is 0 Å². The fourth-order valence-electron chi connectivity index (χ4n) is 2.43. The Morgan fingerprint density at radius 3 is 2.72 bits per heavy atom. The highest BCUT2D eigenvalue weighted by atomic mass is 16.4. The van der Waals surface area contributed by atoms with Gasteiger partial charge in [-0.15, -0.1) is 0 Å². The molecule has 3 N–H and O–H groups in total. The summed E-state index contributed by atoms with van der Waals surface area (Å²) in [6.45, 7) is 6.38. The zero-order valence-corrected chi connectivity index (χ0v) is 10.9. The Kier molecular flexibility index (Phi) is 3.45. The summed E-state index contributed by atoms with van der Waals surface area (Å²) < 4.78 is 0. The van der Waals surface area contributed by atoms with Crippen molar-refractivity contribution >= 4 is 17.3 Å². The van der Waals surface area contributed by atoms with Gasteiger partial charge in [-0.1, -0.05) is 13.8 Å². The van der Waals surface area contributed by atoms with Crippen LogP contribution in [0.15, 0.2) is 18.2 Å². The van der Waals surface area contributed by atoms with E-state index in [4.69, 9.17) is 10.8 Å². The van der Waals surface area contributed by atoms with Gasteiger partial charge in [0.15, 0.2) is 0 Å². The van der Waals surface area contributed by atoms with E-state index >= 15 is 0 Å². The van der Waals surface area contributed by atoms with Gasteiger partial charge in [0, 0.05) is 13.1 Å². The predicted octanol–water partition coefficient (Wildman–Crippen LogP) is 2.45. The molecule has 1 aliphatic heterocycles. The number of nitrogens with zero attached hydrogens (tertiary/aromatic N) is 1. The van der Waals surface area contributed by atoms with Crippen LogP contribution in [0.2, 0.25) is 0 Å². The molecule has 0 spiro atoms. The number of hydrogen-bond acceptors (Lipinski definition) is 3. The molecule has 0 saturated carbocycles. The normalized spacial score (nSPS) is 24.0. The predicted molar refractivity (Wildman–Crippen MR) is 73.0 cm³/mol. The Morgan fingerprint density at radius 1 is 1.39 bits per heavy atom. The first kappa shape index (κ1) is 12.7. The molecule has 1 saturated heterocycles. The third-order valence-electron chi connectivity index (χ3n) is 3.95. The van der Waals surface area contributed by atoms with Crippen LogP contribution in [-0.4, -0.2) is 24.2 Å². The van der Waals surface area contributed by atoms with Crippen LogP contribution in [0.1, 0.15) is 30.6 Å². The molecule has 98 valence electrons. The van der Waals surface area contributed by atoms with Gasteiger partial charge in [-0.05, 0) is 36.5 Å². The van der Waals surface area contributed by atoms with E-state index < -0.39 is 5.97 Å². The van der Waals surface area contributed by atoms with Crippen molar-refractivity contribution in [3.8, 4) is 0 Å². The lowest BCUT2D eigenvalue weighted by atomic mass is 9.88. The molecule has 2 rings (SSSR count). The van der Waals surface area contributed by atoms with Crippen molar-refractivity contribution in [3.63, 3.8) is 0 Å². The monoisotopic (exact) mass is 248 g/mol. The van der Waals surface area contributed by atoms with Gasteiger partial charge in [-0.3, -0.25) is 0 Å². The molecule has 4 heteroatoms. The minimum Gasteiger partial charge on any atom is -0.478 e. The van der Waals surface area contributed by atoms with Crippen molar-refractivity contribution in [3.05, 3.63) is 23.8 Å². The van der Waals surface area contributed by atoms with Crippen molar-refractivity contribution < 1.29 is 9.90 Å². The van der Waals surface area contributed by atoms with E-state index in [0.29, 0.717) is 23.1 Å². The van der Waals surface area contributed by atoms with Crippen LogP contribution in [0, 0.1) is 11.8 Å². The summed E-state index contributed by atoms with van der Waals surface area (Å²) in [6.07, 6.45) is 1.12. The Balaban J connectivity index is 2.27. The molecule has 0 aromatic heterocycles. The Labute approximate surface area is 107 Å². The minimum atomic E-state index is -0.908. The van der Waals surface area contributed by atoms with Crippen molar-refractivity contribution in [2.24, 2.45) is 11.8 Å². The number of piperidine rings is 1. The van der Waals surface area contributed by atoms with Gasteiger partial charge in [0.25, 0.3) is 0 Å². The van der Waals surface area contributed by atoms with E-state index in [0.717, 1.165) is 25.2 Å². The number of nitrogen functional groups attached to an aromatic ring is 1. The second kappa shape index (κ2) is 4.88. The first-order chi connectivity index (χ1) is 8.49. The molecule has 1 aromatic carbocycles. The largest absolute Gasteiger partial charge is 0.478 e. The number of benzene rings is 1. The van der Waals surface area contributed by atoms with Gasteiger partial charge in [0.05, 0.1) is 16.9 Å². The number of carboxylic acids is 1. The number of rotatable bonds is 2. The standard InChI is InChI=1S/C14H20N2O2/c1-9-5-6-16(8-10(9)2)13-7-11(14(17)18)3-4-12(13)15/h3-4,7,9-10H,5-6,8,15H2,1-2H3,(H,17,18).